The summed E-state index contributed by atoms with van der Waals surface area (Å²) in [6, 6.07) is 4.67. The van der Waals surface area contributed by atoms with Crippen LogP contribution in [0.25, 0.3) is 0 Å². The molecule has 1 aromatic carbocycles. The molecule has 0 aromatic heterocycles. The van der Waals surface area contributed by atoms with E-state index in [1.54, 1.807) is 6.07 Å². The predicted molar refractivity (Wildman–Crippen MR) is 69.6 cm³/mol. The van der Waals surface area contributed by atoms with Crippen LogP contribution in [0.5, 0.6) is 0 Å². The molecule has 0 spiro atoms. The first-order valence-corrected chi connectivity index (χ1v) is 6.58. The van der Waals surface area contributed by atoms with Crippen molar-refractivity contribution in [3.8, 4) is 0 Å². The second kappa shape index (κ2) is 5.36. The summed E-state index contributed by atoms with van der Waals surface area (Å²) in [6.07, 6.45) is 1.30. The lowest BCUT2D eigenvalue weighted by molar-refractivity contribution is 0.134. The van der Waals surface area contributed by atoms with E-state index in [1.165, 1.54) is 18.6 Å². The quantitative estimate of drug-likeness (QED) is 0.773. The Labute approximate surface area is 108 Å². The van der Waals surface area contributed by atoms with Crippen molar-refractivity contribution in [1.82, 2.24) is 4.90 Å². The standard InChI is InChI=1S/C14H19ClFN/c1-10-5-11(2)8-17(7-10)9-12-3-4-13(16)6-14(12)15/h3-4,6,10-11H,5,7-9H2,1-2H3. The van der Waals surface area contributed by atoms with Crippen LogP contribution in [0.15, 0.2) is 18.2 Å². The molecule has 0 aliphatic carbocycles. The van der Waals surface area contributed by atoms with E-state index in [1.807, 2.05) is 0 Å². The molecular weight excluding hydrogens is 237 g/mol. The van der Waals surface area contributed by atoms with Crippen LogP contribution in [-0.2, 0) is 6.54 Å². The lowest BCUT2D eigenvalue weighted by Gasteiger charge is -2.35. The zero-order chi connectivity index (χ0) is 12.4. The van der Waals surface area contributed by atoms with E-state index in [-0.39, 0.29) is 5.82 Å². The number of nitrogens with zero attached hydrogens (tertiary/aromatic N) is 1. The summed E-state index contributed by atoms with van der Waals surface area (Å²) in [5.74, 6) is 1.20. The third kappa shape index (κ3) is 3.43. The van der Waals surface area contributed by atoms with Crippen molar-refractivity contribution in [2.24, 2.45) is 11.8 Å². The van der Waals surface area contributed by atoms with Crippen LogP contribution >= 0.6 is 11.6 Å². The van der Waals surface area contributed by atoms with Gasteiger partial charge in [-0.05, 0) is 36.0 Å². The lowest BCUT2D eigenvalue weighted by Crippen LogP contribution is -2.38. The van der Waals surface area contributed by atoms with Crippen LogP contribution in [0.2, 0.25) is 5.02 Å². The SMILES string of the molecule is CC1CC(C)CN(Cc2ccc(F)cc2Cl)C1. The number of likely N-dealkylation sites (tertiary alicyclic amines) is 1. The van der Waals surface area contributed by atoms with Gasteiger partial charge in [-0.3, -0.25) is 4.90 Å². The summed E-state index contributed by atoms with van der Waals surface area (Å²) < 4.78 is 13.0. The van der Waals surface area contributed by atoms with E-state index in [0.29, 0.717) is 5.02 Å². The minimum Gasteiger partial charge on any atom is -0.299 e. The highest BCUT2D eigenvalue weighted by Gasteiger charge is 2.22. The largest absolute Gasteiger partial charge is 0.299 e. The van der Waals surface area contributed by atoms with Crippen molar-refractivity contribution in [3.63, 3.8) is 0 Å². The molecule has 17 heavy (non-hydrogen) atoms. The molecule has 0 amide bonds. The number of rotatable bonds is 2. The van der Waals surface area contributed by atoms with E-state index in [9.17, 15) is 4.39 Å². The Morgan fingerprint density at radius 3 is 2.53 bits per heavy atom. The van der Waals surface area contributed by atoms with Crippen molar-refractivity contribution in [2.75, 3.05) is 13.1 Å². The molecule has 1 nitrogen and oxygen atoms in total. The summed E-state index contributed by atoms with van der Waals surface area (Å²) in [4.78, 5) is 2.41. The van der Waals surface area contributed by atoms with Crippen molar-refractivity contribution < 1.29 is 4.39 Å². The molecule has 0 saturated carbocycles. The van der Waals surface area contributed by atoms with E-state index in [0.717, 1.165) is 37.0 Å². The Hall–Kier alpha value is -0.600. The van der Waals surface area contributed by atoms with Gasteiger partial charge in [0.2, 0.25) is 0 Å². The van der Waals surface area contributed by atoms with E-state index >= 15 is 0 Å². The fourth-order valence-electron chi connectivity index (χ4n) is 2.81. The maximum Gasteiger partial charge on any atom is 0.124 e. The monoisotopic (exact) mass is 255 g/mol. The number of hydrogen-bond acceptors (Lipinski definition) is 1. The van der Waals surface area contributed by atoms with Gasteiger partial charge in [0.15, 0.2) is 0 Å². The summed E-state index contributed by atoms with van der Waals surface area (Å²) in [5.41, 5.74) is 1.02. The summed E-state index contributed by atoms with van der Waals surface area (Å²) in [6.45, 7) is 7.62. The summed E-state index contributed by atoms with van der Waals surface area (Å²) in [5, 5.41) is 0.538. The van der Waals surface area contributed by atoms with Crippen molar-refractivity contribution >= 4 is 11.6 Å². The Kier molecular flexibility index (Phi) is 4.05. The third-order valence-electron chi connectivity index (χ3n) is 3.35. The molecule has 2 unspecified atom stereocenters. The van der Waals surface area contributed by atoms with Gasteiger partial charge in [-0.2, -0.15) is 0 Å². The molecule has 1 aliphatic heterocycles. The van der Waals surface area contributed by atoms with Crippen LogP contribution in [0, 0.1) is 17.7 Å². The van der Waals surface area contributed by atoms with Crippen molar-refractivity contribution in [3.05, 3.63) is 34.6 Å². The first-order valence-electron chi connectivity index (χ1n) is 6.21. The molecule has 1 aliphatic rings. The molecule has 0 N–H and O–H groups in total. The molecule has 1 saturated heterocycles. The van der Waals surface area contributed by atoms with Gasteiger partial charge in [0, 0.05) is 24.7 Å². The Morgan fingerprint density at radius 1 is 1.29 bits per heavy atom. The van der Waals surface area contributed by atoms with E-state index in [2.05, 4.69) is 18.7 Å². The molecule has 0 bridgehead atoms. The molecule has 2 rings (SSSR count). The van der Waals surface area contributed by atoms with Gasteiger partial charge >= 0.3 is 0 Å². The molecular formula is C14H19ClFN. The molecule has 0 radical (unpaired) electrons. The molecule has 1 heterocycles. The Morgan fingerprint density at radius 2 is 1.94 bits per heavy atom. The minimum absolute atomic E-state index is 0.265. The van der Waals surface area contributed by atoms with Gasteiger partial charge in [-0.1, -0.05) is 31.5 Å². The number of halogens is 2. The van der Waals surface area contributed by atoms with Gasteiger partial charge in [0.25, 0.3) is 0 Å². The second-order valence-corrected chi connectivity index (χ2v) is 5.78. The maximum absolute atomic E-state index is 13.0. The summed E-state index contributed by atoms with van der Waals surface area (Å²) in [7, 11) is 0. The van der Waals surface area contributed by atoms with Crippen LogP contribution in [0.4, 0.5) is 4.39 Å². The second-order valence-electron chi connectivity index (χ2n) is 5.38. The highest BCUT2D eigenvalue weighted by atomic mass is 35.5. The Balaban J connectivity index is 2.04. The topological polar surface area (TPSA) is 3.24 Å². The zero-order valence-corrected chi connectivity index (χ0v) is 11.2. The van der Waals surface area contributed by atoms with Gasteiger partial charge in [0.05, 0.1) is 0 Å². The van der Waals surface area contributed by atoms with Gasteiger partial charge in [-0.15, -0.1) is 0 Å². The molecule has 3 heteroatoms. The van der Waals surface area contributed by atoms with Crippen LogP contribution in [0.1, 0.15) is 25.8 Å². The van der Waals surface area contributed by atoms with Crippen molar-refractivity contribution in [2.45, 2.75) is 26.8 Å². The van der Waals surface area contributed by atoms with Crippen LogP contribution < -0.4 is 0 Å². The van der Waals surface area contributed by atoms with Crippen LogP contribution in [-0.4, -0.2) is 18.0 Å². The first-order chi connectivity index (χ1) is 8.04. The van der Waals surface area contributed by atoms with Gasteiger partial charge < -0.3 is 0 Å². The summed E-state index contributed by atoms with van der Waals surface area (Å²) >= 11 is 6.05. The molecule has 2 atom stereocenters. The highest BCUT2D eigenvalue weighted by molar-refractivity contribution is 6.31. The first kappa shape index (κ1) is 12.8. The minimum atomic E-state index is -0.265. The van der Waals surface area contributed by atoms with Crippen molar-refractivity contribution in [1.29, 1.82) is 0 Å². The van der Waals surface area contributed by atoms with E-state index < -0.39 is 0 Å². The smallest absolute Gasteiger partial charge is 0.124 e. The third-order valence-corrected chi connectivity index (χ3v) is 3.71. The van der Waals surface area contributed by atoms with Gasteiger partial charge in [-0.25, -0.2) is 4.39 Å². The average molecular weight is 256 g/mol. The zero-order valence-electron chi connectivity index (χ0n) is 10.4. The van der Waals surface area contributed by atoms with E-state index in [4.69, 9.17) is 11.6 Å². The van der Waals surface area contributed by atoms with Gasteiger partial charge in [0.1, 0.15) is 5.82 Å². The fraction of sp³-hybridized carbons (Fsp3) is 0.571. The predicted octanol–water partition coefficient (Wildman–Crippen LogP) is 3.96. The van der Waals surface area contributed by atoms with Crippen LogP contribution in [0.3, 0.4) is 0 Å². The molecule has 1 aromatic rings. The number of piperidine rings is 1. The Bertz CT molecular complexity index is 384. The lowest BCUT2D eigenvalue weighted by atomic mass is 9.91. The maximum atomic E-state index is 13.0. The number of hydrogen-bond donors (Lipinski definition) is 0. The fourth-order valence-corrected chi connectivity index (χ4v) is 3.04. The number of benzene rings is 1. The normalized spacial score (nSPS) is 26.1. The molecule has 94 valence electrons. The average Bonchev–Trinajstić information content (AvgIpc) is 2.21. The molecule has 1 fully saturated rings. The highest BCUT2D eigenvalue weighted by Crippen LogP contribution is 2.25.